The maximum Gasteiger partial charge on any atom is 0.156 e. The fraction of sp³-hybridized carbons (Fsp3) is 0.500. The highest BCUT2D eigenvalue weighted by Gasteiger charge is 1.93. The van der Waals surface area contributed by atoms with Gasteiger partial charge in [0.25, 0.3) is 0 Å². The predicted molar refractivity (Wildman–Crippen MR) is 43.0 cm³/mol. The first-order valence-corrected chi connectivity index (χ1v) is 4.15. The van der Waals surface area contributed by atoms with Gasteiger partial charge in [0.2, 0.25) is 0 Å². The molecule has 0 atom stereocenters. The maximum absolute atomic E-state index is 10.6. The minimum absolute atomic E-state index is 0.0689. The molecular weight excluding hydrogens is 203 g/mol. The number of allylic oxidation sites excluding steroid dienone is 2. The summed E-state index contributed by atoms with van der Waals surface area (Å²) in [6, 6.07) is 0. The number of hydrogen-bond donors (Lipinski definition) is 0. The van der Waals surface area contributed by atoms with E-state index in [-0.39, 0.29) is 5.78 Å². The van der Waals surface area contributed by atoms with Gasteiger partial charge in [-0.3, -0.25) is 4.79 Å². The standard InChI is InChI=1S/C6H8BrClO/c1-2-6(9)3-5(8)4-7/h3H,2,4H2,1H3/b5-3+. The fourth-order valence-corrected chi connectivity index (χ4v) is 0.599. The van der Waals surface area contributed by atoms with E-state index in [0.717, 1.165) is 0 Å². The second kappa shape index (κ2) is 5.00. The highest BCUT2D eigenvalue weighted by Crippen LogP contribution is 2.04. The first-order chi connectivity index (χ1) is 4.20. The molecule has 0 aliphatic rings. The van der Waals surface area contributed by atoms with Crippen molar-refractivity contribution < 1.29 is 4.79 Å². The maximum atomic E-state index is 10.6. The van der Waals surface area contributed by atoms with E-state index >= 15 is 0 Å². The van der Waals surface area contributed by atoms with Gasteiger partial charge in [0, 0.05) is 16.8 Å². The number of ketones is 1. The number of carbonyl (C=O) groups is 1. The van der Waals surface area contributed by atoms with Gasteiger partial charge in [0.15, 0.2) is 5.78 Å². The monoisotopic (exact) mass is 210 g/mol. The van der Waals surface area contributed by atoms with Crippen LogP contribution in [0.25, 0.3) is 0 Å². The SMILES string of the molecule is CCC(=O)/C=C(/Cl)CBr. The number of alkyl halides is 1. The normalized spacial score (nSPS) is 11.7. The third kappa shape index (κ3) is 4.67. The van der Waals surface area contributed by atoms with Gasteiger partial charge in [0.1, 0.15) is 0 Å². The first-order valence-electron chi connectivity index (χ1n) is 2.65. The molecule has 3 heteroatoms. The van der Waals surface area contributed by atoms with E-state index in [4.69, 9.17) is 11.6 Å². The van der Waals surface area contributed by atoms with Gasteiger partial charge < -0.3 is 0 Å². The molecule has 0 aromatic carbocycles. The molecule has 9 heavy (non-hydrogen) atoms. The average Bonchev–Trinajstić information content (AvgIpc) is 1.87. The summed E-state index contributed by atoms with van der Waals surface area (Å²) in [7, 11) is 0. The Morgan fingerprint density at radius 2 is 2.33 bits per heavy atom. The summed E-state index contributed by atoms with van der Waals surface area (Å²) in [5, 5.41) is 1.11. The topological polar surface area (TPSA) is 17.1 Å². The van der Waals surface area contributed by atoms with Gasteiger partial charge in [-0.1, -0.05) is 34.5 Å². The van der Waals surface area contributed by atoms with Crippen molar-refractivity contribution in [3.8, 4) is 0 Å². The molecule has 0 aromatic heterocycles. The lowest BCUT2D eigenvalue weighted by Gasteiger charge is -1.87. The summed E-state index contributed by atoms with van der Waals surface area (Å²) in [6.45, 7) is 1.80. The van der Waals surface area contributed by atoms with Gasteiger partial charge >= 0.3 is 0 Å². The third-order valence-electron chi connectivity index (χ3n) is 0.794. The molecule has 0 aliphatic heterocycles. The summed E-state index contributed by atoms with van der Waals surface area (Å²) in [4.78, 5) is 10.6. The summed E-state index contributed by atoms with van der Waals surface area (Å²) in [6.07, 6.45) is 1.96. The second-order valence-electron chi connectivity index (χ2n) is 1.54. The zero-order valence-electron chi connectivity index (χ0n) is 5.16. The molecule has 0 spiro atoms. The van der Waals surface area contributed by atoms with E-state index in [2.05, 4.69) is 15.9 Å². The Hall–Kier alpha value is 0.180. The predicted octanol–water partition coefficient (Wildman–Crippen LogP) is 2.48. The van der Waals surface area contributed by atoms with Crippen LogP contribution in [-0.4, -0.2) is 11.1 Å². The summed E-state index contributed by atoms with van der Waals surface area (Å²) >= 11 is 8.65. The molecule has 0 bridgehead atoms. The van der Waals surface area contributed by atoms with Crippen LogP contribution in [0.5, 0.6) is 0 Å². The van der Waals surface area contributed by atoms with Gasteiger partial charge in [-0.05, 0) is 6.08 Å². The van der Waals surface area contributed by atoms with Crippen molar-refractivity contribution in [3.05, 3.63) is 11.1 Å². The Balaban J connectivity index is 3.79. The van der Waals surface area contributed by atoms with Crippen molar-refractivity contribution in [2.24, 2.45) is 0 Å². The van der Waals surface area contributed by atoms with Crippen molar-refractivity contribution in [2.75, 3.05) is 5.33 Å². The second-order valence-corrected chi connectivity index (χ2v) is 2.59. The van der Waals surface area contributed by atoms with Crippen LogP contribution in [0.15, 0.2) is 11.1 Å². The molecule has 0 rings (SSSR count). The lowest BCUT2D eigenvalue weighted by atomic mass is 10.3. The Bertz CT molecular complexity index is 131. The average molecular weight is 211 g/mol. The van der Waals surface area contributed by atoms with Gasteiger partial charge in [-0.15, -0.1) is 0 Å². The largest absolute Gasteiger partial charge is 0.295 e. The smallest absolute Gasteiger partial charge is 0.156 e. The fourth-order valence-electron chi connectivity index (χ4n) is 0.315. The van der Waals surface area contributed by atoms with E-state index < -0.39 is 0 Å². The number of halogens is 2. The first kappa shape index (κ1) is 9.18. The molecule has 0 saturated carbocycles. The number of hydrogen-bond acceptors (Lipinski definition) is 1. The molecule has 0 aliphatic carbocycles. The Morgan fingerprint density at radius 1 is 1.78 bits per heavy atom. The molecule has 0 N–H and O–H groups in total. The van der Waals surface area contributed by atoms with Crippen molar-refractivity contribution in [2.45, 2.75) is 13.3 Å². The van der Waals surface area contributed by atoms with Crippen molar-refractivity contribution in [1.29, 1.82) is 0 Å². The lowest BCUT2D eigenvalue weighted by molar-refractivity contribution is -0.114. The Morgan fingerprint density at radius 3 is 2.67 bits per heavy atom. The molecular formula is C6H8BrClO. The Kier molecular flexibility index (Phi) is 5.10. The molecule has 0 fully saturated rings. The van der Waals surface area contributed by atoms with Crippen LogP contribution in [0.3, 0.4) is 0 Å². The van der Waals surface area contributed by atoms with Crippen LogP contribution in [-0.2, 0) is 4.79 Å². The summed E-state index contributed by atoms with van der Waals surface area (Å²) < 4.78 is 0. The van der Waals surface area contributed by atoms with Crippen LogP contribution in [0.4, 0.5) is 0 Å². The van der Waals surface area contributed by atoms with Crippen molar-refractivity contribution in [1.82, 2.24) is 0 Å². The van der Waals surface area contributed by atoms with Crippen LogP contribution in [0.2, 0.25) is 0 Å². The quantitative estimate of drug-likeness (QED) is 0.518. The Labute approximate surface area is 68.2 Å². The molecule has 0 aromatic rings. The van der Waals surface area contributed by atoms with E-state index in [1.807, 2.05) is 0 Å². The molecule has 0 radical (unpaired) electrons. The molecule has 0 heterocycles. The third-order valence-corrected chi connectivity index (χ3v) is 1.96. The number of carbonyl (C=O) groups excluding carboxylic acids is 1. The molecule has 0 saturated heterocycles. The van der Waals surface area contributed by atoms with Crippen LogP contribution >= 0.6 is 27.5 Å². The minimum atomic E-state index is 0.0689. The highest BCUT2D eigenvalue weighted by molar-refractivity contribution is 9.09. The lowest BCUT2D eigenvalue weighted by Crippen LogP contribution is -1.89. The van der Waals surface area contributed by atoms with Gasteiger partial charge in [-0.2, -0.15) is 0 Å². The van der Waals surface area contributed by atoms with E-state index in [0.29, 0.717) is 16.8 Å². The van der Waals surface area contributed by atoms with E-state index in [1.165, 1.54) is 6.08 Å². The summed E-state index contributed by atoms with van der Waals surface area (Å²) in [5.41, 5.74) is 0. The van der Waals surface area contributed by atoms with Crippen LogP contribution in [0.1, 0.15) is 13.3 Å². The number of rotatable bonds is 3. The van der Waals surface area contributed by atoms with Crippen molar-refractivity contribution >= 4 is 33.3 Å². The highest BCUT2D eigenvalue weighted by atomic mass is 79.9. The minimum Gasteiger partial charge on any atom is -0.295 e. The summed E-state index contributed by atoms with van der Waals surface area (Å²) in [5.74, 6) is 0.0689. The van der Waals surface area contributed by atoms with E-state index in [1.54, 1.807) is 6.92 Å². The molecule has 0 unspecified atom stereocenters. The zero-order chi connectivity index (χ0) is 7.28. The van der Waals surface area contributed by atoms with Crippen LogP contribution < -0.4 is 0 Å². The van der Waals surface area contributed by atoms with E-state index in [9.17, 15) is 4.79 Å². The van der Waals surface area contributed by atoms with Crippen LogP contribution in [0, 0.1) is 0 Å². The van der Waals surface area contributed by atoms with Crippen molar-refractivity contribution in [3.63, 3.8) is 0 Å². The molecule has 1 nitrogen and oxygen atoms in total. The van der Waals surface area contributed by atoms with Gasteiger partial charge in [-0.25, -0.2) is 0 Å². The van der Waals surface area contributed by atoms with Gasteiger partial charge in [0.05, 0.1) is 0 Å². The zero-order valence-corrected chi connectivity index (χ0v) is 7.50. The molecule has 52 valence electrons. The molecule has 0 amide bonds.